The van der Waals surface area contributed by atoms with Crippen molar-refractivity contribution < 1.29 is 26.4 Å². The van der Waals surface area contributed by atoms with Crippen LogP contribution >= 0.6 is 11.6 Å². The Morgan fingerprint density at radius 3 is 2.06 bits per heavy atom. The molecule has 0 aliphatic carbocycles. The van der Waals surface area contributed by atoms with Crippen molar-refractivity contribution in [3.63, 3.8) is 0 Å². The molecule has 170 valence electrons. The number of hydrogen-bond donors (Lipinski definition) is 1. The molecule has 2 rings (SSSR count). The lowest BCUT2D eigenvalue weighted by Crippen LogP contribution is -2.48. The second kappa shape index (κ2) is 9.46. The zero-order valence-corrected chi connectivity index (χ0v) is 20.2. The van der Waals surface area contributed by atoms with Crippen LogP contribution in [0.5, 0.6) is 5.75 Å². The largest absolute Gasteiger partial charge is 0.495 e. The van der Waals surface area contributed by atoms with E-state index in [1.165, 1.54) is 44.4 Å². The van der Waals surface area contributed by atoms with Gasteiger partial charge < -0.3 is 10.1 Å². The van der Waals surface area contributed by atoms with Gasteiger partial charge in [0.1, 0.15) is 11.8 Å². The molecule has 2 aromatic rings. The molecule has 0 aromatic heterocycles. The summed E-state index contributed by atoms with van der Waals surface area (Å²) in [5, 5.41) is 2.97. The van der Waals surface area contributed by atoms with Crippen molar-refractivity contribution in [3.8, 4) is 5.75 Å². The first-order chi connectivity index (χ1) is 14.3. The Morgan fingerprint density at radius 2 is 1.61 bits per heavy atom. The molecule has 8 nitrogen and oxygen atoms in total. The summed E-state index contributed by atoms with van der Waals surface area (Å²) in [6.45, 7) is 3.18. The molecule has 0 radical (unpaired) electrons. The van der Waals surface area contributed by atoms with Gasteiger partial charge in [0.05, 0.1) is 35.0 Å². The van der Waals surface area contributed by atoms with E-state index in [-0.39, 0.29) is 15.6 Å². The van der Waals surface area contributed by atoms with E-state index in [1.54, 1.807) is 19.1 Å². The van der Waals surface area contributed by atoms with Crippen LogP contribution < -0.4 is 14.4 Å². The molecule has 0 spiro atoms. The average molecular weight is 489 g/mol. The lowest BCUT2D eigenvalue weighted by Gasteiger charge is -2.29. The highest BCUT2D eigenvalue weighted by atomic mass is 35.5. The molecule has 0 saturated carbocycles. The van der Waals surface area contributed by atoms with Crippen LogP contribution in [0.25, 0.3) is 0 Å². The minimum Gasteiger partial charge on any atom is -0.495 e. The van der Waals surface area contributed by atoms with Crippen LogP contribution in [0.15, 0.2) is 47.4 Å². The summed E-state index contributed by atoms with van der Waals surface area (Å²) in [6.07, 6.45) is 2.11. The lowest BCUT2D eigenvalue weighted by atomic mass is 10.1. The minimum absolute atomic E-state index is 0.169. The zero-order chi connectivity index (χ0) is 23.6. The van der Waals surface area contributed by atoms with Gasteiger partial charge in [-0.15, -0.1) is 0 Å². The van der Waals surface area contributed by atoms with E-state index in [9.17, 15) is 21.6 Å². The Balaban J connectivity index is 2.26. The van der Waals surface area contributed by atoms with Gasteiger partial charge in [-0.05, 0) is 49.7 Å². The second-order valence-corrected chi connectivity index (χ2v) is 11.4. The fraction of sp³-hybridized carbons (Fsp3) is 0.350. The van der Waals surface area contributed by atoms with Gasteiger partial charge in [-0.25, -0.2) is 16.8 Å². The van der Waals surface area contributed by atoms with E-state index < -0.39 is 37.9 Å². The van der Waals surface area contributed by atoms with Crippen molar-refractivity contribution in [1.29, 1.82) is 0 Å². The molecule has 1 amide bonds. The summed E-state index contributed by atoms with van der Waals surface area (Å²) in [6, 6.07) is 9.00. The average Bonchev–Trinajstić information content (AvgIpc) is 2.66. The summed E-state index contributed by atoms with van der Waals surface area (Å²) < 4.78 is 54.2. The van der Waals surface area contributed by atoms with Crippen molar-refractivity contribution in [3.05, 3.63) is 53.1 Å². The van der Waals surface area contributed by atoms with Crippen LogP contribution in [0.1, 0.15) is 25.5 Å². The normalized spacial score (nSPS) is 13.9. The summed E-state index contributed by atoms with van der Waals surface area (Å²) in [5.41, 5.74) is 0.896. The van der Waals surface area contributed by atoms with Crippen molar-refractivity contribution >= 4 is 43.1 Å². The highest BCUT2D eigenvalue weighted by Crippen LogP contribution is 2.31. The standard InChI is InChI=1S/C20H25ClN2O6S2/c1-13(15-6-9-17(10-7-15)30(4,25)26)22-20(24)14(2)23(31(5,27)28)16-8-11-19(29-3)18(21)12-16/h6-14H,1-5H3,(H,22,24)/t13-,14+/m1/s1. The van der Waals surface area contributed by atoms with Crippen LogP contribution in [-0.4, -0.2) is 48.4 Å². The fourth-order valence-electron chi connectivity index (χ4n) is 3.02. The third-order valence-corrected chi connectivity index (χ3v) is 7.31. The molecule has 11 heteroatoms. The molecule has 2 atom stereocenters. The quantitative estimate of drug-likeness (QED) is 0.611. The molecular formula is C20H25ClN2O6S2. The molecule has 0 fully saturated rings. The summed E-state index contributed by atoms with van der Waals surface area (Å²) in [4.78, 5) is 13.0. The maximum absolute atomic E-state index is 12.9. The highest BCUT2D eigenvalue weighted by molar-refractivity contribution is 7.92. The number of amides is 1. The number of rotatable bonds is 8. The Labute approximate surface area is 188 Å². The predicted octanol–water partition coefficient (Wildman–Crippen LogP) is 2.78. The highest BCUT2D eigenvalue weighted by Gasteiger charge is 2.30. The summed E-state index contributed by atoms with van der Waals surface area (Å²) in [5.74, 6) is -0.154. The van der Waals surface area contributed by atoms with Gasteiger partial charge >= 0.3 is 0 Å². The first-order valence-electron chi connectivity index (χ1n) is 9.19. The SMILES string of the molecule is COc1ccc(N([C@@H](C)C(=O)N[C@H](C)c2ccc(S(C)(=O)=O)cc2)S(C)(=O)=O)cc1Cl. The number of carbonyl (C=O) groups is 1. The van der Waals surface area contributed by atoms with Crippen molar-refractivity contribution in [2.45, 2.75) is 30.8 Å². The third-order valence-electron chi connectivity index (χ3n) is 4.65. The molecule has 0 saturated heterocycles. The van der Waals surface area contributed by atoms with E-state index >= 15 is 0 Å². The van der Waals surface area contributed by atoms with Crippen LogP contribution in [0, 0.1) is 0 Å². The maximum atomic E-state index is 12.9. The van der Waals surface area contributed by atoms with Crippen molar-refractivity contribution in [2.24, 2.45) is 0 Å². The number of anilines is 1. The number of carbonyl (C=O) groups excluding carboxylic acids is 1. The summed E-state index contributed by atoms with van der Waals surface area (Å²) >= 11 is 6.13. The number of benzene rings is 2. The van der Waals surface area contributed by atoms with E-state index in [4.69, 9.17) is 16.3 Å². The van der Waals surface area contributed by atoms with E-state index in [1.807, 2.05) is 0 Å². The van der Waals surface area contributed by atoms with Crippen LogP contribution in [-0.2, 0) is 24.7 Å². The molecule has 1 N–H and O–H groups in total. The Morgan fingerprint density at radius 1 is 1.03 bits per heavy atom. The third kappa shape index (κ3) is 6.11. The Bertz CT molecular complexity index is 1160. The van der Waals surface area contributed by atoms with Gasteiger partial charge in [-0.1, -0.05) is 23.7 Å². The molecule has 0 aliphatic rings. The van der Waals surface area contributed by atoms with Gasteiger partial charge in [0.15, 0.2) is 9.84 Å². The molecule has 2 aromatic carbocycles. The van der Waals surface area contributed by atoms with Gasteiger partial charge in [-0.2, -0.15) is 0 Å². The number of nitrogens with zero attached hydrogens (tertiary/aromatic N) is 1. The number of methoxy groups -OCH3 is 1. The molecule has 0 bridgehead atoms. The van der Waals surface area contributed by atoms with Gasteiger partial charge in [0, 0.05) is 6.26 Å². The number of halogens is 1. The number of hydrogen-bond acceptors (Lipinski definition) is 6. The molecule has 0 aliphatic heterocycles. The van der Waals surface area contributed by atoms with E-state index in [0.29, 0.717) is 11.3 Å². The molecular weight excluding hydrogens is 464 g/mol. The lowest BCUT2D eigenvalue weighted by molar-refractivity contribution is -0.122. The molecule has 0 unspecified atom stereocenters. The Kier molecular flexibility index (Phi) is 7.61. The number of sulfonamides is 1. The fourth-order valence-corrected chi connectivity index (χ4v) is 5.07. The van der Waals surface area contributed by atoms with Crippen LogP contribution in [0.2, 0.25) is 5.02 Å². The number of ether oxygens (including phenoxy) is 1. The van der Waals surface area contributed by atoms with Crippen LogP contribution in [0.4, 0.5) is 5.69 Å². The maximum Gasteiger partial charge on any atom is 0.244 e. The van der Waals surface area contributed by atoms with Crippen molar-refractivity contribution in [2.75, 3.05) is 23.9 Å². The smallest absolute Gasteiger partial charge is 0.244 e. The predicted molar refractivity (Wildman–Crippen MR) is 121 cm³/mol. The number of sulfone groups is 1. The number of nitrogens with one attached hydrogen (secondary N) is 1. The van der Waals surface area contributed by atoms with E-state index in [2.05, 4.69) is 5.32 Å². The zero-order valence-electron chi connectivity index (χ0n) is 17.8. The summed E-state index contributed by atoms with van der Waals surface area (Å²) in [7, 11) is -5.70. The van der Waals surface area contributed by atoms with E-state index in [0.717, 1.165) is 16.8 Å². The second-order valence-electron chi connectivity index (χ2n) is 7.13. The monoisotopic (exact) mass is 488 g/mol. The Hall–Kier alpha value is -2.30. The van der Waals surface area contributed by atoms with Gasteiger partial charge in [0.2, 0.25) is 15.9 Å². The minimum atomic E-state index is -3.81. The van der Waals surface area contributed by atoms with Gasteiger partial charge in [-0.3, -0.25) is 9.10 Å². The van der Waals surface area contributed by atoms with Crippen molar-refractivity contribution in [1.82, 2.24) is 5.32 Å². The molecule has 31 heavy (non-hydrogen) atoms. The topological polar surface area (TPSA) is 110 Å². The first kappa shape index (κ1) is 25.0. The van der Waals surface area contributed by atoms with Gasteiger partial charge in [0.25, 0.3) is 0 Å². The van der Waals surface area contributed by atoms with Crippen LogP contribution in [0.3, 0.4) is 0 Å². The molecule has 0 heterocycles. The first-order valence-corrected chi connectivity index (χ1v) is 13.3.